The van der Waals surface area contributed by atoms with Gasteiger partial charge in [-0.05, 0) is 19.1 Å². The maximum atomic E-state index is 13.4. The lowest BCUT2D eigenvalue weighted by molar-refractivity contribution is 0.0338. The van der Waals surface area contributed by atoms with E-state index in [2.05, 4.69) is 4.90 Å². The maximum Gasteiger partial charge on any atom is 0.163 e. The molecule has 1 aromatic rings. The Morgan fingerprint density at radius 3 is 2.72 bits per heavy atom. The van der Waals surface area contributed by atoms with E-state index < -0.39 is 5.82 Å². The van der Waals surface area contributed by atoms with Crippen LogP contribution in [0.5, 0.6) is 5.75 Å². The predicted molar refractivity (Wildman–Crippen MR) is 64.2 cm³/mol. The monoisotopic (exact) mass is 253 g/mol. The molecule has 0 spiro atoms. The summed E-state index contributed by atoms with van der Waals surface area (Å²) in [6.07, 6.45) is 0. The Hall–Kier alpha value is -1.46. The molecule has 4 nitrogen and oxygen atoms in total. The number of hydrogen-bond donors (Lipinski definition) is 1. The van der Waals surface area contributed by atoms with E-state index in [0.29, 0.717) is 25.3 Å². The van der Waals surface area contributed by atoms with Gasteiger partial charge in [-0.3, -0.25) is 9.69 Å². The van der Waals surface area contributed by atoms with Crippen molar-refractivity contribution in [1.29, 1.82) is 0 Å². The Bertz CT molecular complexity index is 456. The smallest absolute Gasteiger partial charge is 0.163 e. The third-order valence-corrected chi connectivity index (χ3v) is 3.03. The zero-order valence-corrected chi connectivity index (χ0v) is 10.3. The molecule has 1 saturated heterocycles. The van der Waals surface area contributed by atoms with Crippen molar-refractivity contribution in [3.05, 3.63) is 29.1 Å². The molecule has 0 atom stereocenters. The highest BCUT2D eigenvalue weighted by atomic mass is 19.1. The van der Waals surface area contributed by atoms with Gasteiger partial charge in [0, 0.05) is 25.2 Å². The fourth-order valence-corrected chi connectivity index (χ4v) is 2.04. The fraction of sp³-hybridized carbons (Fsp3) is 0.462. The van der Waals surface area contributed by atoms with Crippen LogP contribution < -0.4 is 0 Å². The van der Waals surface area contributed by atoms with Gasteiger partial charge in [0.05, 0.1) is 18.8 Å². The van der Waals surface area contributed by atoms with Crippen molar-refractivity contribution < 1.29 is 19.0 Å². The number of nitrogens with zero attached hydrogens (tertiary/aromatic N) is 1. The van der Waals surface area contributed by atoms with Crippen molar-refractivity contribution in [3.8, 4) is 5.75 Å². The van der Waals surface area contributed by atoms with Crippen LogP contribution in [0.15, 0.2) is 12.1 Å². The first kappa shape index (κ1) is 13.0. The van der Waals surface area contributed by atoms with Crippen LogP contribution in [-0.4, -0.2) is 42.1 Å². The van der Waals surface area contributed by atoms with Gasteiger partial charge in [0.25, 0.3) is 0 Å². The van der Waals surface area contributed by atoms with Crippen molar-refractivity contribution in [2.75, 3.05) is 26.3 Å². The lowest BCUT2D eigenvalue weighted by atomic mass is 10.0. The minimum Gasteiger partial charge on any atom is -0.507 e. The second kappa shape index (κ2) is 5.46. The number of aromatic hydroxyl groups is 1. The number of hydrogen-bond acceptors (Lipinski definition) is 4. The van der Waals surface area contributed by atoms with Crippen LogP contribution in [0, 0.1) is 5.82 Å². The highest BCUT2D eigenvalue weighted by Crippen LogP contribution is 2.26. The molecule has 0 bridgehead atoms. The molecule has 0 saturated carbocycles. The minimum atomic E-state index is -0.499. The van der Waals surface area contributed by atoms with Crippen molar-refractivity contribution in [2.24, 2.45) is 0 Å². The molecule has 1 aliphatic heterocycles. The number of ketones is 1. The third kappa shape index (κ3) is 2.86. The molecule has 0 aliphatic carbocycles. The van der Waals surface area contributed by atoms with Gasteiger partial charge in [-0.2, -0.15) is 0 Å². The normalized spacial score (nSPS) is 16.8. The van der Waals surface area contributed by atoms with Crippen LogP contribution in [0.25, 0.3) is 0 Å². The summed E-state index contributed by atoms with van der Waals surface area (Å²) in [6, 6.07) is 2.34. The molecule has 1 N–H and O–H groups in total. The topological polar surface area (TPSA) is 49.8 Å². The number of phenolic OH excluding ortho intramolecular Hbond substituents is 1. The first-order valence-electron chi connectivity index (χ1n) is 5.90. The SMILES string of the molecule is CC(=O)c1cc(F)cc(CN2CCOCC2)c1O. The standard InChI is InChI=1S/C13H16FNO3/c1-9(16)12-7-11(14)6-10(13(12)17)8-15-2-4-18-5-3-15/h6-7,17H,2-5,8H2,1H3. The molecule has 1 aliphatic rings. The molecule has 98 valence electrons. The minimum absolute atomic E-state index is 0.0401. The molecule has 0 aromatic heterocycles. The van der Waals surface area contributed by atoms with Crippen LogP contribution >= 0.6 is 0 Å². The summed E-state index contributed by atoms with van der Waals surface area (Å²) in [5, 5.41) is 9.97. The molecule has 2 rings (SSSR count). The quantitative estimate of drug-likeness (QED) is 0.831. The average Bonchev–Trinajstić information content (AvgIpc) is 2.34. The van der Waals surface area contributed by atoms with Crippen LogP contribution in [0.4, 0.5) is 4.39 Å². The van der Waals surface area contributed by atoms with Crippen molar-refractivity contribution in [2.45, 2.75) is 13.5 Å². The van der Waals surface area contributed by atoms with E-state index in [4.69, 9.17) is 4.74 Å². The molecule has 1 heterocycles. The van der Waals surface area contributed by atoms with E-state index in [-0.39, 0.29) is 17.1 Å². The molecule has 1 aromatic carbocycles. The first-order chi connectivity index (χ1) is 8.58. The van der Waals surface area contributed by atoms with Crippen molar-refractivity contribution in [3.63, 3.8) is 0 Å². The number of morpholine rings is 1. The average molecular weight is 253 g/mol. The summed E-state index contributed by atoms with van der Waals surface area (Å²) in [5.41, 5.74) is 0.486. The Morgan fingerprint density at radius 1 is 1.44 bits per heavy atom. The molecule has 0 radical (unpaired) electrons. The van der Waals surface area contributed by atoms with Gasteiger partial charge in [0.1, 0.15) is 11.6 Å². The number of ether oxygens (including phenoxy) is 1. The van der Waals surface area contributed by atoms with Gasteiger partial charge in [0.15, 0.2) is 5.78 Å². The molecule has 18 heavy (non-hydrogen) atoms. The first-order valence-corrected chi connectivity index (χ1v) is 5.90. The van der Waals surface area contributed by atoms with E-state index in [1.165, 1.54) is 13.0 Å². The number of rotatable bonds is 3. The van der Waals surface area contributed by atoms with Crippen molar-refractivity contribution in [1.82, 2.24) is 4.90 Å². The Balaban J connectivity index is 2.23. The number of phenols is 1. The van der Waals surface area contributed by atoms with Gasteiger partial charge in [-0.25, -0.2) is 4.39 Å². The Kier molecular flexibility index (Phi) is 3.93. The fourth-order valence-electron chi connectivity index (χ4n) is 2.04. The van der Waals surface area contributed by atoms with Gasteiger partial charge in [-0.1, -0.05) is 0 Å². The van der Waals surface area contributed by atoms with E-state index >= 15 is 0 Å². The molecule has 0 unspecified atom stereocenters. The number of carbonyl (C=O) groups excluding carboxylic acids is 1. The second-order valence-electron chi connectivity index (χ2n) is 4.41. The third-order valence-electron chi connectivity index (χ3n) is 3.03. The van der Waals surface area contributed by atoms with Gasteiger partial charge in [0.2, 0.25) is 0 Å². The molecule has 0 amide bonds. The number of benzene rings is 1. The summed E-state index contributed by atoms with van der Waals surface area (Å²) in [6.45, 7) is 4.49. The molecular formula is C13H16FNO3. The number of Topliss-reactive ketones (excluding diaryl/α,β-unsaturated/α-hetero) is 1. The summed E-state index contributed by atoms with van der Waals surface area (Å²) in [4.78, 5) is 13.4. The molecular weight excluding hydrogens is 237 g/mol. The van der Waals surface area contributed by atoms with E-state index in [0.717, 1.165) is 19.2 Å². The second-order valence-corrected chi connectivity index (χ2v) is 4.41. The summed E-state index contributed by atoms with van der Waals surface area (Å²) in [5.74, 6) is -0.952. The largest absolute Gasteiger partial charge is 0.507 e. The summed E-state index contributed by atoms with van der Waals surface area (Å²) < 4.78 is 18.6. The lowest BCUT2D eigenvalue weighted by Gasteiger charge is -2.27. The van der Waals surface area contributed by atoms with Crippen LogP contribution in [-0.2, 0) is 11.3 Å². The Morgan fingerprint density at radius 2 is 2.11 bits per heavy atom. The van der Waals surface area contributed by atoms with E-state index in [1.807, 2.05) is 0 Å². The van der Waals surface area contributed by atoms with Crippen LogP contribution in [0.3, 0.4) is 0 Å². The van der Waals surface area contributed by atoms with Crippen LogP contribution in [0.1, 0.15) is 22.8 Å². The summed E-state index contributed by atoms with van der Waals surface area (Å²) >= 11 is 0. The highest BCUT2D eigenvalue weighted by molar-refractivity contribution is 5.97. The van der Waals surface area contributed by atoms with Gasteiger partial charge < -0.3 is 9.84 Å². The van der Waals surface area contributed by atoms with Gasteiger partial charge >= 0.3 is 0 Å². The summed E-state index contributed by atoms with van der Waals surface area (Å²) in [7, 11) is 0. The highest BCUT2D eigenvalue weighted by Gasteiger charge is 2.17. The molecule has 5 heteroatoms. The van der Waals surface area contributed by atoms with Crippen LogP contribution in [0.2, 0.25) is 0 Å². The molecule has 1 fully saturated rings. The number of carbonyl (C=O) groups is 1. The van der Waals surface area contributed by atoms with Crippen molar-refractivity contribution >= 4 is 5.78 Å². The maximum absolute atomic E-state index is 13.4. The Labute approximate surface area is 105 Å². The zero-order chi connectivity index (χ0) is 13.1. The van der Waals surface area contributed by atoms with Gasteiger partial charge in [-0.15, -0.1) is 0 Å². The zero-order valence-electron chi connectivity index (χ0n) is 10.3. The van der Waals surface area contributed by atoms with E-state index in [1.54, 1.807) is 0 Å². The number of halogens is 1. The lowest BCUT2D eigenvalue weighted by Crippen LogP contribution is -2.35. The predicted octanol–water partition coefficient (Wildman–Crippen LogP) is 1.57. The van der Waals surface area contributed by atoms with E-state index in [9.17, 15) is 14.3 Å².